The summed E-state index contributed by atoms with van der Waals surface area (Å²) >= 11 is 1.57. The summed E-state index contributed by atoms with van der Waals surface area (Å²) in [4.78, 5) is 14.5. The first-order valence-corrected chi connectivity index (χ1v) is 5.97. The molecule has 0 amide bonds. The highest BCUT2D eigenvalue weighted by molar-refractivity contribution is 7.08. The molecule has 17 heavy (non-hydrogen) atoms. The maximum Gasteiger partial charge on any atom is 0.304 e. The third kappa shape index (κ3) is 3.36. The van der Waals surface area contributed by atoms with Crippen molar-refractivity contribution >= 4 is 17.3 Å². The van der Waals surface area contributed by atoms with Crippen molar-refractivity contribution < 1.29 is 14.4 Å². The number of carbonyl (C=O) groups is 1. The monoisotopic (exact) mass is 253 g/mol. The number of rotatable bonds is 6. The number of aromatic nitrogens is 2. The summed E-state index contributed by atoms with van der Waals surface area (Å²) in [6, 6.07) is 1.91. The van der Waals surface area contributed by atoms with Crippen LogP contribution in [0, 0.1) is 0 Å². The topological polar surface area (TPSA) is 88.2 Å². The van der Waals surface area contributed by atoms with E-state index < -0.39 is 5.97 Å². The highest BCUT2D eigenvalue weighted by Gasteiger charge is 2.08. The van der Waals surface area contributed by atoms with E-state index in [1.165, 1.54) is 0 Å². The maximum atomic E-state index is 10.3. The third-order valence-electron chi connectivity index (χ3n) is 2.04. The fourth-order valence-corrected chi connectivity index (χ4v) is 1.86. The molecule has 7 heteroatoms. The molecule has 2 heterocycles. The number of nitrogens with zero attached hydrogens (tertiary/aromatic N) is 2. The Balaban J connectivity index is 1.84. The Morgan fingerprint density at radius 2 is 2.47 bits per heavy atom. The molecule has 0 unspecified atom stereocenters. The van der Waals surface area contributed by atoms with Crippen LogP contribution in [0.4, 0.5) is 0 Å². The number of aliphatic carboxylic acids is 1. The summed E-state index contributed by atoms with van der Waals surface area (Å²) in [7, 11) is 0. The van der Waals surface area contributed by atoms with Crippen LogP contribution in [0.2, 0.25) is 0 Å². The number of hydrogen-bond donors (Lipinski definition) is 2. The Bertz CT molecular complexity index is 481. The Kier molecular flexibility index (Phi) is 3.84. The first-order valence-electron chi connectivity index (χ1n) is 5.03. The molecule has 0 aliphatic carbocycles. The van der Waals surface area contributed by atoms with Gasteiger partial charge in [0.15, 0.2) is 0 Å². The van der Waals surface area contributed by atoms with E-state index in [1.54, 1.807) is 11.3 Å². The molecule has 0 saturated carbocycles. The van der Waals surface area contributed by atoms with Gasteiger partial charge in [-0.05, 0) is 11.4 Å². The van der Waals surface area contributed by atoms with Crippen molar-refractivity contribution in [1.82, 2.24) is 15.5 Å². The molecule has 2 aromatic rings. The predicted octanol–water partition coefficient (Wildman–Crippen LogP) is 1.36. The number of thiophene rings is 1. The molecule has 90 valence electrons. The van der Waals surface area contributed by atoms with E-state index in [4.69, 9.17) is 9.63 Å². The molecule has 0 saturated heterocycles. The van der Waals surface area contributed by atoms with Crippen LogP contribution in [-0.2, 0) is 11.3 Å². The lowest BCUT2D eigenvalue weighted by Gasteiger charge is -1.96. The second-order valence-electron chi connectivity index (χ2n) is 3.34. The maximum absolute atomic E-state index is 10.3. The summed E-state index contributed by atoms with van der Waals surface area (Å²) < 4.78 is 5.03. The molecule has 0 aromatic carbocycles. The zero-order valence-electron chi connectivity index (χ0n) is 8.92. The van der Waals surface area contributed by atoms with Crippen molar-refractivity contribution in [2.45, 2.75) is 13.0 Å². The number of nitrogens with one attached hydrogen (secondary N) is 1. The van der Waals surface area contributed by atoms with Gasteiger partial charge in [-0.15, -0.1) is 0 Å². The highest BCUT2D eigenvalue weighted by Crippen LogP contribution is 2.18. The van der Waals surface area contributed by atoms with Crippen LogP contribution >= 0.6 is 11.3 Å². The minimum Gasteiger partial charge on any atom is -0.481 e. The number of carboxylic acid groups (broad SMARTS) is 1. The molecule has 2 aromatic heterocycles. The van der Waals surface area contributed by atoms with E-state index in [0.717, 1.165) is 5.56 Å². The van der Waals surface area contributed by atoms with E-state index >= 15 is 0 Å². The summed E-state index contributed by atoms with van der Waals surface area (Å²) in [5.74, 6) is 0.180. The molecule has 6 nitrogen and oxygen atoms in total. The summed E-state index contributed by atoms with van der Waals surface area (Å²) in [6.45, 7) is 0.760. The smallest absolute Gasteiger partial charge is 0.304 e. The molecular formula is C10H11N3O3S. The van der Waals surface area contributed by atoms with E-state index in [0.29, 0.717) is 24.8 Å². The van der Waals surface area contributed by atoms with Crippen LogP contribution in [-0.4, -0.2) is 27.8 Å². The summed E-state index contributed by atoms with van der Waals surface area (Å²) in [6.07, 6.45) is 0.0749. The van der Waals surface area contributed by atoms with E-state index in [2.05, 4.69) is 15.5 Å². The van der Waals surface area contributed by atoms with Crippen LogP contribution < -0.4 is 5.32 Å². The SMILES string of the molecule is O=C(O)CCNCc1nc(-c2ccsc2)no1. The van der Waals surface area contributed by atoms with Gasteiger partial charge < -0.3 is 14.9 Å². The van der Waals surface area contributed by atoms with Crippen LogP contribution in [0.3, 0.4) is 0 Å². The van der Waals surface area contributed by atoms with Gasteiger partial charge in [0, 0.05) is 17.5 Å². The fraction of sp³-hybridized carbons (Fsp3) is 0.300. The van der Waals surface area contributed by atoms with Crippen molar-refractivity contribution in [3.63, 3.8) is 0 Å². The normalized spacial score (nSPS) is 10.6. The first-order chi connectivity index (χ1) is 8.25. The molecule has 0 radical (unpaired) electrons. The fourth-order valence-electron chi connectivity index (χ4n) is 1.23. The number of carboxylic acids is 1. The van der Waals surface area contributed by atoms with E-state index in [-0.39, 0.29) is 6.42 Å². The molecule has 0 bridgehead atoms. The lowest BCUT2D eigenvalue weighted by atomic mass is 10.3. The molecular weight excluding hydrogens is 242 g/mol. The second-order valence-corrected chi connectivity index (χ2v) is 4.12. The van der Waals surface area contributed by atoms with E-state index in [1.807, 2.05) is 16.8 Å². The van der Waals surface area contributed by atoms with Crippen molar-refractivity contribution in [3.05, 3.63) is 22.7 Å². The largest absolute Gasteiger partial charge is 0.481 e. The van der Waals surface area contributed by atoms with Gasteiger partial charge in [-0.2, -0.15) is 16.3 Å². The summed E-state index contributed by atoms with van der Waals surface area (Å²) in [5.41, 5.74) is 0.926. The minimum atomic E-state index is -0.831. The van der Waals surface area contributed by atoms with Crippen molar-refractivity contribution in [3.8, 4) is 11.4 Å². The zero-order chi connectivity index (χ0) is 12.1. The molecule has 0 aliphatic heterocycles. The van der Waals surface area contributed by atoms with Gasteiger partial charge in [0.2, 0.25) is 11.7 Å². The van der Waals surface area contributed by atoms with Gasteiger partial charge in [0.05, 0.1) is 13.0 Å². The Labute approximate surface area is 101 Å². The van der Waals surface area contributed by atoms with Crippen molar-refractivity contribution in [2.75, 3.05) is 6.54 Å². The molecule has 0 aliphatic rings. The standard InChI is InChI=1S/C10H11N3O3S/c14-9(15)1-3-11-5-8-12-10(13-16-8)7-2-4-17-6-7/h2,4,6,11H,1,3,5H2,(H,14,15). The lowest BCUT2D eigenvalue weighted by Crippen LogP contribution is -2.17. The van der Waals surface area contributed by atoms with Gasteiger partial charge in [-0.3, -0.25) is 4.79 Å². The molecule has 0 atom stereocenters. The zero-order valence-corrected chi connectivity index (χ0v) is 9.74. The summed E-state index contributed by atoms with van der Waals surface area (Å²) in [5, 5.41) is 19.1. The van der Waals surface area contributed by atoms with Gasteiger partial charge in [-0.1, -0.05) is 5.16 Å². The molecule has 2 rings (SSSR count). The Hall–Kier alpha value is -1.73. The Morgan fingerprint density at radius 3 is 3.18 bits per heavy atom. The first kappa shape index (κ1) is 11.7. The second kappa shape index (κ2) is 5.55. The molecule has 0 fully saturated rings. The minimum absolute atomic E-state index is 0.0749. The lowest BCUT2D eigenvalue weighted by molar-refractivity contribution is -0.136. The predicted molar refractivity (Wildman–Crippen MR) is 61.6 cm³/mol. The van der Waals surface area contributed by atoms with Crippen LogP contribution in [0.15, 0.2) is 21.3 Å². The van der Waals surface area contributed by atoms with Crippen molar-refractivity contribution in [2.24, 2.45) is 0 Å². The van der Waals surface area contributed by atoms with Crippen LogP contribution in [0.25, 0.3) is 11.4 Å². The van der Waals surface area contributed by atoms with E-state index in [9.17, 15) is 4.79 Å². The van der Waals surface area contributed by atoms with Crippen LogP contribution in [0.5, 0.6) is 0 Å². The van der Waals surface area contributed by atoms with Crippen LogP contribution in [0.1, 0.15) is 12.3 Å². The average Bonchev–Trinajstić information content (AvgIpc) is 2.94. The highest BCUT2D eigenvalue weighted by atomic mass is 32.1. The average molecular weight is 253 g/mol. The molecule has 2 N–H and O–H groups in total. The van der Waals surface area contributed by atoms with Gasteiger partial charge in [0.1, 0.15) is 0 Å². The van der Waals surface area contributed by atoms with Gasteiger partial charge in [-0.25, -0.2) is 0 Å². The Morgan fingerprint density at radius 1 is 1.59 bits per heavy atom. The van der Waals surface area contributed by atoms with Gasteiger partial charge in [0.25, 0.3) is 0 Å². The number of hydrogen-bond acceptors (Lipinski definition) is 6. The van der Waals surface area contributed by atoms with Crippen molar-refractivity contribution in [1.29, 1.82) is 0 Å². The van der Waals surface area contributed by atoms with Gasteiger partial charge >= 0.3 is 5.97 Å². The quantitative estimate of drug-likeness (QED) is 0.756. The molecule has 0 spiro atoms. The third-order valence-corrected chi connectivity index (χ3v) is 2.72.